The van der Waals surface area contributed by atoms with E-state index in [9.17, 15) is 5.21 Å². The van der Waals surface area contributed by atoms with Crippen LogP contribution in [0.1, 0.15) is 84.0 Å². The molecule has 0 radical (unpaired) electrons. The summed E-state index contributed by atoms with van der Waals surface area (Å²) in [6, 6.07) is 0. The van der Waals surface area contributed by atoms with Crippen molar-refractivity contribution >= 4 is 0 Å². The molecule has 2 nitrogen and oxygen atoms in total. The van der Waals surface area contributed by atoms with Gasteiger partial charge < -0.3 is 10.3 Å². The van der Waals surface area contributed by atoms with Crippen molar-refractivity contribution in [2.45, 2.75) is 84.0 Å². The molecule has 0 saturated carbocycles. The monoisotopic (exact) mass is 255 g/mol. The predicted molar refractivity (Wildman–Crippen MR) is 78.6 cm³/mol. The van der Waals surface area contributed by atoms with Crippen LogP contribution in [0.5, 0.6) is 0 Å². The number of nitrogens with one attached hydrogen (secondary N) is 1. The molecule has 108 valence electrons. The van der Waals surface area contributed by atoms with Gasteiger partial charge in [-0.1, -0.05) is 71.1 Å². The van der Waals surface area contributed by atoms with Crippen molar-refractivity contribution in [2.75, 3.05) is 13.1 Å². The van der Waals surface area contributed by atoms with E-state index < -0.39 is 0 Å². The smallest absolute Gasteiger partial charge is 0.0770 e. The molecule has 0 aromatic carbocycles. The second-order valence-electron chi connectivity index (χ2n) is 6.10. The van der Waals surface area contributed by atoms with E-state index in [1.165, 1.54) is 77.0 Å². The zero-order valence-electron chi connectivity index (χ0n) is 12.4. The maximum atomic E-state index is 11.1. The van der Waals surface area contributed by atoms with Crippen LogP contribution in [0, 0.1) is 11.1 Å². The maximum Gasteiger partial charge on any atom is 0.0770 e. The van der Waals surface area contributed by atoms with E-state index in [2.05, 4.69) is 6.92 Å². The Bertz CT molecular complexity index is 176. The first kappa shape index (κ1) is 16.0. The van der Waals surface area contributed by atoms with E-state index in [1.54, 1.807) is 0 Å². The number of hydrogen-bond donors (Lipinski definition) is 1. The summed E-state index contributed by atoms with van der Waals surface area (Å²) < 4.78 is 0. The molecule has 1 aliphatic rings. The molecule has 1 N–H and O–H groups in total. The van der Waals surface area contributed by atoms with Crippen molar-refractivity contribution in [3.05, 3.63) is 5.21 Å². The molecule has 0 atom stereocenters. The van der Waals surface area contributed by atoms with Gasteiger partial charge in [-0.25, -0.2) is 0 Å². The number of quaternary nitrogens is 1. The van der Waals surface area contributed by atoms with Crippen molar-refractivity contribution in [1.29, 1.82) is 0 Å². The number of hydrogen-bond acceptors (Lipinski definition) is 1. The Morgan fingerprint density at radius 3 is 1.89 bits per heavy atom. The molecule has 1 aliphatic heterocycles. The van der Waals surface area contributed by atoms with Gasteiger partial charge in [-0.15, -0.1) is 0 Å². The fourth-order valence-electron chi connectivity index (χ4n) is 3.03. The predicted octanol–water partition coefficient (Wildman–Crippen LogP) is 3.70. The first-order valence-electron chi connectivity index (χ1n) is 8.34. The van der Waals surface area contributed by atoms with Crippen molar-refractivity contribution in [2.24, 2.45) is 5.92 Å². The molecule has 0 aromatic rings. The highest BCUT2D eigenvalue weighted by Crippen LogP contribution is 2.19. The molecule has 0 spiro atoms. The highest BCUT2D eigenvalue weighted by atomic mass is 16.5. The quantitative estimate of drug-likeness (QED) is 0.468. The minimum absolute atomic E-state index is 0.498. The lowest BCUT2D eigenvalue weighted by molar-refractivity contribution is -0.854. The largest absolute Gasteiger partial charge is 0.634 e. The zero-order chi connectivity index (χ0) is 13.1. The summed E-state index contributed by atoms with van der Waals surface area (Å²) in [6.45, 7) is 4.00. The third kappa shape index (κ3) is 8.10. The van der Waals surface area contributed by atoms with Crippen molar-refractivity contribution in [1.82, 2.24) is 0 Å². The Balaban J connectivity index is 1.78. The topological polar surface area (TPSA) is 27.5 Å². The lowest BCUT2D eigenvalue weighted by Gasteiger charge is -2.31. The molecule has 1 fully saturated rings. The van der Waals surface area contributed by atoms with Crippen molar-refractivity contribution in [3.8, 4) is 0 Å². The number of hydroxylamine groups is 2. The Kier molecular flexibility index (Phi) is 9.59. The second-order valence-corrected chi connectivity index (χ2v) is 6.10. The molecular formula is C16H33NO. The van der Waals surface area contributed by atoms with Crippen LogP contribution in [0.25, 0.3) is 0 Å². The molecule has 1 rings (SSSR count). The third-order valence-corrected chi connectivity index (χ3v) is 4.38. The third-order valence-electron chi connectivity index (χ3n) is 4.38. The molecule has 0 unspecified atom stereocenters. The van der Waals surface area contributed by atoms with Crippen LogP contribution in [0.4, 0.5) is 0 Å². The Morgan fingerprint density at radius 2 is 1.33 bits per heavy atom. The highest BCUT2D eigenvalue weighted by molar-refractivity contribution is 4.62. The summed E-state index contributed by atoms with van der Waals surface area (Å²) in [5.41, 5.74) is 0. The summed E-state index contributed by atoms with van der Waals surface area (Å²) in [5.74, 6) is 0.868. The van der Waals surface area contributed by atoms with E-state index in [4.69, 9.17) is 0 Å². The van der Waals surface area contributed by atoms with Gasteiger partial charge in [0.1, 0.15) is 0 Å². The maximum absolute atomic E-state index is 11.1. The van der Waals surface area contributed by atoms with Crippen LogP contribution >= 0.6 is 0 Å². The molecule has 0 amide bonds. The van der Waals surface area contributed by atoms with Gasteiger partial charge in [0.2, 0.25) is 0 Å². The van der Waals surface area contributed by atoms with Gasteiger partial charge in [-0.2, -0.15) is 0 Å². The Labute approximate surface area is 114 Å². The number of rotatable bonds is 10. The van der Waals surface area contributed by atoms with Crippen molar-refractivity contribution < 1.29 is 5.06 Å². The fourth-order valence-corrected chi connectivity index (χ4v) is 3.03. The summed E-state index contributed by atoms with van der Waals surface area (Å²) in [7, 11) is 0. The molecule has 2 heteroatoms. The molecular weight excluding hydrogens is 222 g/mol. The first-order valence-corrected chi connectivity index (χ1v) is 8.34. The molecule has 1 saturated heterocycles. The lowest BCUT2D eigenvalue weighted by Crippen LogP contribution is -3.08. The van der Waals surface area contributed by atoms with Crippen LogP contribution < -0.4 is 5.06 Å². The lowest BCUT2D eigenvalue weighted by atomic mass is 9.92. The standard InChI is InChI=1S/C16H33NO/c1-2-3-4-5-6-7-8-9-10-11-16-12-14-17(18)15-13-16/h16-17H,2-15H2,1H3. The summed E-state index contributed by atoms with van der Waals surface area (Å²) in [4.78, 5) is 0. The molecule has 0 bridgehead atoms. The summed E-state index contributed by atoms with van der Waals surface area (Å²) >= 11 is 0. The van der Waals surface area contributed by atoms with Crippen LogP contribution in [-0.4, -0.2) is 13.1 Å². The van der Waals surface area contributed by atoms with E-state index in [1.807, 2.05) is 0 Å². The normalized spacial score (nSPS) is 24.3. The van der Waals surface area contributed by atoms with Gasteiger partial charge in [-0.3, -0.25) is 0 Å². The van der Waals surface area contributed by atoms with Gasteiger partial charge in [0.15, 0.2) is 0 Å². The van der Waals surface area contributed by atoms with Gasteiger partial charge >= 0.3 is 0 Å². The van der Waals surface area contributed by atoms with E-state index in [0.717, 1.165) is 19.0 Å². The molecule has 0 aromatic heterocycles. The Morgan fingerprint density at radius 1 is 0.833 bits per heavy atom. The van der Waals surface area contributed by atoms with Gasteiger partial charge in [-0.05, 0) is 18.8 Å². The van der Waals surface area contributed by atoms with Crippen LogP contribution in [-0.2, 0) is 0 Å². The SMILES string of the molecule is CCCCCCCCCCCC1CC[NH+]([O-])CC1. The van der Waals surface area contributed by atoms with Gasteiger partial charge in [0, 0.05) is 0 Å². The summed E-state index contributed by atoms with van der Waals surface area (Å²) in [6.07, 6.45) is 16.5. The minimum atomic E-state index is 0.498. The average Bonchev–Trinajstić information content (AvgIpc) is 2.39. The average molecular weight is 255 g/mol. The van der Waals surface area contributed by atoms with E-state index >= 15 is 0 Å². The fraction of sp³-hybridized carbons (Fsp3) is 1.00. The van der Waals surface area contributed by atoms with Gasteiger partial charge in [0.05, 0.1) is 13.1 Å². The Hall–Kier alpha value is -0.0800. The molecule has 0 aliphatic carbocycles. The molecule has 18 heavy (non-hydrogen) atoms. The zero-order valence-corrected chi connectivity index (χ0v) is 12.4. The molecule has 1 heterocycles. The summed E-state index contributed by atoms with van der Waals surface area (Å²) in [5, 5.41) is 11.6. The van der Waals surface area contributed by atoms with E-state index in [-0.39, 0.29) is 0 Å². The van der Waals surface area contributed by atoms with Crippen molar-refractivity contribution in [3.63, 3.8) is 0 Å². The number of unbranched alkanes of at least 4 members (excludes halogenated alkanes) is 8. The highest BCUT2D eigenvalue weighted by Gasteiger charge is 2.16. The number of piperidine rings is 1. The van der Waals surface area contributed by atoms with Crippen LogP contribution in [0.3, 0.4) is 0 Å². The second kappa shape index (κ2) is 10.8. The van der Waals surface area contributed by atoms with Crippen LogP contribution in [0.15, 0.2) is 0 Å². The van der Waals surface area contributed by atoms with Gasteiger partial charge in [0.25, 0.3) is 0 Å². The first-order chi connectivity index (χ1) is 8.83. The van der Waals surface area contributed by atoms with Crippen LogP contribution in [0.2, 0.25) is 0 Å². The van der Waals surface area contributed by atoms with E-state index in [0.29, 0.717) is 5.06 Å². The minimum Gasteiger partial charge on any atom is -0.634 e.